The van der Waals surface area contributed by atoms with Gasteiger partial charge in [0.2, 0.25) is 0 Å². The molecule has 1 aliphatic rings. The number of furan rings is 1. The van der Waals surface area contributed by atoms with Crippen molar-refractivity contribution in [2.75, 3.05) is 0 Å². The number of aryl methyl sites for hydroxylation is 1. The van der Waals surface area contributed by atoms with Gasteiger partial charge in [-0.15, -0.1) is 17.7 Å². The number of benzene rings is 5. The SMILES string of the molecule is [2H]C([2H])(c1ccnc(-c2[c-]c(C)cc3c2oc2ccc(-c4cccc5ccccc45)cc23)c1)C(C)C.[CH3][Ge]([CH3])([CH3])[c]1cnc(-c2[c-]cccc2)c2c1CCCC2.[Ir]. The van der Waals surface area contributed by atoms with E-state index in [9.17, 15) is 0 Å². The molecule has 3 nitrogen and oxygen atoms in total. The number of hydrogen-bond acceptors (Lipinski definition) is 3. The summed E-state index contributed by atoms with van der Waals surface area (Å²) < 4.78 is 25.1. The summed E-state index contributed by atoms with van der Waals surface area (Å²) >= 11 is -1.83. The third-order valence-electron chi connectivity index (χ3n) is 10.4. The van der Waals surface area contributed by atoms with Crippen LogP contribution in [0, 0.1) is 25.0 Å². The summed E-state index contributed by atoms with van der Waals surface area (Å²) in [4.78, 5) is 9.43. The zero-order chi connectivity index (χ0) is 39.2. The molecule has 0 N–H and O–H groups in total. The summed E-state index contributed by atoms with van der Waals surface area (Å²) in [5.74, 6) is 7.26. The van der Waals surface area contributed by atoms with Gasteiger partial charge >= 0.3 is 125 Å². The molecule has 1 radical (unpaired) electrons. The van der Waals surface area contributed by atoms with E-state index in [1.165, 1.54) is 53.3 Å². The predicted octanol–water partition coefficient (Wildman–Crippen LogP) is 12.7. The molecule has 0 aliphatic heterocycles. The van der Waals surface area contributed by atoms with Crippen molar-refractivity contribution in [3.05, 3.63) is 150 Å². The van der Waals surface area contributed by atoms with Gasteiger partial charge in [-0.3, -0.25) is 0 Å². The van der Waals surface area contributed by atoms with Crippen LogP contribution < -0.4 is 4.40 Å². The van der Waals surface area contributed by atoms with Crippen molar-refractivity contribution in [3.8, 4) is 33.6 Å². The third-order valence-corrected chi connectivity index (χ3v) is 14.7. The van der Waals surface area contributed by atoms with E-state index >= 15 is 0 Å². The van der Waals surface area contributed by atoms with E-state index in [0.29, 0.717) is 11.3 Å². The standard InChI is InChI=1S/C32H26NO.C18H22GeN.Ir/c1-20(2)15-22-13-14-33-30(18-22)29-17-21(3)16-28-27-19-24(11-12-31(27)34-32(28)29)26-10-6-8-23-7-4-5-9-25(23)26;1-19(2,3)17-13-20-18(14-9-5-4-6-10-14)16-12-8-7-11-15(16)17;/h4-14,16,18-20H,15H2,1-3H3;4-6,9,13H,7-8,11-12H2,1-3H3;/q2*-1;/i15D2;;. The molecule has 8 aromatic rings. The van der Waals surface area contributed by atoms with Crippen molar-refractivity contribution in [1.82, 2.24) is 9.97 Å². The fourth-order valence-electron chi connectivity index (χ4n) is 7.94. The van der Waals surface area contributed by atoms with E-state index < -0.39 is 19.6 Å². The minimum absolute atomic E-state index is 0. The fourth-order valence-corrected chi connectivity index (χ4v) is 11.4. The maximum absolute atomic E-state index is 8.54. The summed E-state index contributed by atoms with van der Waals surface area (Å²) in [7, 11) is 0. The Morgan fingerprint density at radius 1 is 0.818 bits per heavy atom. The average Bonchev–Trinajstić information content (AvgIpc) is 3.57. The Morgan fingerprint density at radius 2 is 1.60 bits per heavy atom. The normalized spacial score (nSPS) is 13.5. The quantitative estimate of drug-likeness (QED) is 0.123. The summed E-state index contributed by atoms with van der Waals surface area (Å²) in [6.07, 6.45) is 7.47. The van der Waals surface area contributed by atoms with Crippen LogP contribution in [0.2, 0.25) is 17.3 Å². The van der Waals surface area contributed by atoms with Crippen LogP contribution in [0.1, 0.15) is 51.7 Å². The molecule has 55 heavy (non-hydrogen) atoms. The van der Waals surface area contributed by atoms with Crippen LogP contribution in [0.3, 0.4) is 0 Å². The van der Waals surface area contributed by atoms with Gasteiger partial charge in [-0.2, -0.15) is 0 Å². The molecule has 0 bridgehead atoms. The molecule has 3 heterocycles. The molecule has 0 fully saturated rings. The Kier molecular flexibility index (Phi) is 10.8. The molecule has 0 saturated carbocycles. The average molecular weight is 960 g/mol. The molecular weight excluding hydrogens is 909 g/mol. The van der Waals surface area contributed by atoms with Gasteiger partial charge in [0, 0.05) is 34.4 Å². The number of pyridine rings is 2. The first kappa shape index (κ1) is 36.3. The Morgan fingerprint density at radius 3 is 2.38 bits per heavy atom. The smallest absolute Gasteiger partial charge is 0 e. The van der Waals surface area contributed by atoms with Gasteiger partial charge in [0.15, 0.2) is 0 Å². The second-order valence-electron chi connectivity index (χ2n) is 15.8. The molecule has 279 valence electrons. The van der Waals surface area contributed by atoms with Crippen LogP contribution in [-0.2, 0) is 39.3 Å². The Labute approximate surface area is 345 Å². The molecule has 0 atom stereocenters. The van der Waals surface area contributed by atoms with Gasteiger partial charge in [-0.05, 0) is 58.1 Å². The van der Waals surface area contributed by atoms with Crippen LogP contribution in [0.4, 0.5) is 0 Å². The number of rotatable bonds is 6. The first-order valence-electron chi connectivity index (χ1n) is 20.2. The summed E-state index contributed by atoms with van der Waals surface area (Å²) in [6.45, 7) is 5.81. The van der Waals surface area contributed by atoms with Crippen LogP contribution in [0.15, 0.2) is 120 Å². The Balaban J connectivity index is 0.000000201. The molecule has 3 aromatic heterocycles. The molecule has 0 unspecified atom stereocenters. The van der Waals surface area contributed by atoms with Crippen molar-refractivity contribution in [1.29, 1.82) is 0 Å². The largest absolute Gasteiger partial charge is 0 e. The predicted molar refractivity (Wildman–Crippen MR) is 230 cm³/mol. The van der Waals surface area contributed by atoms with Gasteiger partial charge in [0.1, 0.15) is 5.58 Å². The second kappa shape index (κ2) is 16.4. The van der Waals surface area contributed by atoms with Crippen LogP contribution in [-0.4, -0.2) is 23.2 Å². The molecule has 5 heteroatoms. The number of aromatic nitrogens is 2. The monoisotopic (exact) mass is 961 g/mol. The fraction of sp³-hybridized carbons (Fsp3) is 0.240. The zero-order valence-corrected chi connectivity index (χ0v) is 37.0. The van der Waals surface area contributed by atoms with Gasteiger partial charge in [-0.25, -0.2) is 0 Å². The maximum Gasteiger partial charge on any atom is 0 e. The minimum atomic E-state index is -1.83. The molecule has 0 saturated heterocycles. The third kappa shape index (κ3) is 8.15. The molecule has 5 aromatic carbocycles. The van der Waals surface area contributed by atoms with E-state index in [1.54, 1.807) is 22.2 Å². The topological polar surface area (TPSA) is 38.9 Å². The molecule has 0 amide bonds. The van der Waals surface area contributed by atoms with Crippen molar-refractivity contribution in [3.63, 3.8) is 0 Å². The van der Waals surface area contributed by atoms with Crippen molar-refractivity contribution in [2.24, 2.45) is 5.92 Å². The van der Waals surface area contributed by atoms with Crippen molar-refractivity contribution in [2.45, 2.75) is 70.1 Å². The summed E-state index contributed by atoms with van der Waals surface area (Å²) in [5.41, 5.74) is 12.3. The number of fused-ring (bicyclic) bond motifs is 5. The molecule has 9 rings (SSSR count). The van der Waals surface area contributed by atoms with E-state index in [2.05, 4.69) is 113 Å². The Hall–Kier alpha value is -4.35. The number of hydrogen-bond donors (Lipinski definition) is 0. The van der Waals surface area contributed by atoms with Crippen LogP contribution >= 0.6 is 0 Å². The Bertz CT molecular complexity index is 2710. The maximum atomic E-state index is 8.54. The van der Waals surface area contributed by atoms with E-state index in [0.717, 1.165) is 44.2 Å². The summed E-state index contributed by atoms with van der Waals surface area (Å²) in [6, 6.07) is 41.9. The van der Waals surface area contributed by atoms with Crippen molar-refractivity contribution >= 4 is 50.4 Å². The van der Waals surface area contributed by atoms with E-state index in [1.807, 2.05) is 45.0 Å². The van der Waals surface area contributed by atoms with Gasteiger partial charge in [0.25, 0.3) is 0 Å². The molecular formula is C50H48GeIrN2O-2. The molecule has 1 aliphatic carbocycles. The zero-order valence-electron chi connectivity index (χ0n) is 34.5. The number of nitrogens with zero attached hydrogens (tertiary/aromatic N) is 2. The van der Waals surface area contributed by atoms with Crippen LogP contribution in [0.25, 0.3) is 66.4 Å². The summed E-state index contributed by atoms with van der Waals surface area (Å²) in [5, 5.41) is 4.49. The van der Waals surface area contributed by atoms with E-state index in [-0.39, 0.29) is 26.0 Å². The minimum Gasteiger partial charge on any atom is 0 e. The van der Waals surface area contributed by atoms with Crippen molar-refractivity contribution < 1.29 is 27.3 Å². The first-order chi connectivity index (χ1) is 26.9. The first-order valence-corrected chi connectivity index (χ1v) is 26.6. The van der Waals surface area contributed by atoms with Gasteiger partial charge < -0.3 is 9.40 Å². The molecule has 0 spiro atoms. The second-order valence-corrected chi connectivity index (χ2v) is 26.4. The van der Waals surface area contributed by atoms with E-state index in [4.69, 9.17) is 12.1 Å². The van der Waals surface area contributed by atoms with Gasteiger partial charge in [-0.1, -0.05) is 91.9 Å². The van der Waals surface area contributed by atoms with Gasteiger partial charge in [0.05, 0.1) is 5.58 Å². The van der Waals surface area contributed by atoms with Crippen LogP contribution in [0.5, 0.6) is 0 Å².